The minimum Gasteiger partial charge on any atom is -0.313 e. The molecule has 0 heterocycles. The lowest BCUT2D eigenvalue weighted by Gasteiger charge is -2.17. The van der Waals surface area contributed by atoms with Gasteiger partial charge in [-0.2, -0.15) is 0 Å². The molecule has 0 aliphatic heterocycles. The molecule has 2 aromatic carbocycles. The standard InChI is InChI=1S/C19H25N/c1-3-16-11-7-13-18(15-16)19(20-2)14-8-12-17-9-5-4-6-10-17/h4-7,9-11,13,15,19-20H,3,8,12,14H2,1-2H3. The maximum Gasteiger partial charge on any atom is 0.0317 e. The van der Waals surface area contributed by atoms with Crippen molar-refractivity contribution in [2.45, 2.75) is 38.6 Å². The van der Waals surface area contributed by atoms with Crippen molar-refractivity contribution < 1.29 is 0 Å². The van der Waals surface area contributed by atoms with Crippen LogP contribution < -0.4 is 5.32 Å². The third kappa shape index (κ3) is 4.21. The van der Waals surface area contributed by atoms with Crippen LogP contribution in [0.3, 0.4) is 0 Å². The monoisotopic (exact) mass is 267 g/mol. The van der Waals surface area contributed by atoms with E-state index in [1.807, 2.05) is 0 Å². The molecule has 2 aromatic rings. The summed E-state index contributed by atoms with van der Waals surface area (Å²) in [6, 6.07) is 20.2. The summed E-state index contributed by atoms with van der Waals surface area (Å²) in [6.45, 7) is 2.21. The van der Waals surface area contributed by atoms with E-state index in [1.165, 1.54) is 29.5 Å². The van der Waals surface area contributed by atoms with E-state index in [0.717, 1.165) is 12.8 Å². The van der Waals surface area contributed by atoms with Crippen LogP contribution in [0, 0.1) is 0 Å². The molecule has 1 atom stereocenters. The van der Waals surface area contributed by atoms with Crippen LogP contribution in [0.4, 0.5) is 0 Å². The molecule has 0 fully saturated rings. The SMILES string of the molecule is CCc1cccc(C(CCCc2ccccc2)NC)c1. The van der Waals surface area contributed by atoms with E-state index in [-0.39, 0.29) is 0 Å². The van der Waals surface area contributed by atoms with Crippen LogP contribution in [0.5, 0.6) is 0 Å². The highest BCUT2D eigenvalue weighted by Gasteiger charge is 2.09. The molecule has 1 heteroatoms. The lowest BCUT2D eigenvalue weighted by atomic mass is 9.97. The minimum atomic E-state index is 0.463. The van der Waals surface area contributed by atoms with Gasteiger partial charge >= 0.3 is 0 Å². The third-order valence-corrected chi connectivity index (χ3v) is 3.91. The largest absolute Gasteiger partial charge is 0.313 e. The van der Waals surface area contributed by atoms with Gasteiger partial charge < -0.3 is 5.32 Å². The van der Waals surface area contributed by atoms with Crippen molar-refractivity contribution in [2.75, 3.05) is 7.05 Å². The normalized spacial score (nSPS) is 12.3. The summed E-state index contributed by atoms with van der Waals surface area (Å²) in [7, 11) is 2.06. The van der Waals surface area contributed by atoms with Crippen molar-refractivity contribution in [2.24, 2.45) is 0 Å². The van der Waals surface area contributed by atoms with Crippen molar-refractivity contribution in [3.8, 4) is 0 Å². The van der Waals surface area contributed by atoms with Gasteiger partial charge in [0, 0.05) is 6.04 Å². The zero-order chi connectivity index (χ0) is 14.2. The number of aryl methyl sites for hydroxylation is 2. The lowest BCUT2D eigenvalue weighted by molar-refractivity contribution is 0.527. The Morgan fingerprint density at radius 2 is 1.70 bits per heavy atom. The van der Waals surface area contributed by atoms with Gasteiger partial charge in [-0.3, -0.25) is 0 Å². The van der Waals surface area contributed by atoms with E-state index in [2.05, 4.69) is 73.9 Å². The zero-order valence-electron chi connectivity index (χ0n) is 12.6. The highest BCUT2D eigenvalue weighted by Crippen LogP contribution is 2.20. The topological polar surface area (TPSA) is 12.0 Å². The second-order valence-corrected chi connectivity index (χ2v) is 5.32. The van der Waals surface area contributed by atoms with Crippen molar-refractivity contribution in [1.82, 2.24) is 5.32 Å². The van der Waals surface area contributed by atoms with Crippen LogP contribution in [-0.4, -0.2) is 7.05 Å². The second-order valence-electron chi connectivity index (χ2n) is 5.32. The molecule has 1 unspecified atom stereocenters. The highest BCUT2D eigenvalue weighted by molar-refractivity contribution is 5.26. The molecule has 0 saturated heterocycles. The predicted molar refractivity (Wildman–Crippen MR) is 87.0 cm³/mol. The Balaban J connectivity index is 1.91. The first-order valence-corrected chi connectivity index (χ1v) is 7.63. The fraction of sp³-hybridized carbons (Fsp3) is 0.368. The molecule has 2 rings (SSSR count). The van der Waals surface area contributed by atoms with Crippen LogP contribution in [0.25, 0.3) is 0 Å². The van der Waals surface area contributed by atoms with Crippen LogP contribution in [0.2, 0.25) is 0 Å². The Bertz CT molecular complexity index is 504. The average molecular weight is 267 g/mol. The number of hydrogen-bond donors (Lipinski definition) is 1. The van der Waals surface area contributed by atoms with Crippen molar-refractivity contribution in [3.63, 3.8) is 0 Å². The fourth-order valence-corrected chi connectivity index (χ4v) is 2.66. The van der Waals surface area contributed by atoms with E-state index in [0.29, 0.717) is 6.04 Å². The summed E-state index contributed by atoms with van der Waals surface area (Å²) in [5, 5.41) is 3.46. The molecular weight excluding hydrogens is 242 g/mol. The van der Waals surface area contributed by atoms with E-state index >= 15 is 0 Å². The first kappa shape index (κ1) is 14.8. The maximum atomic E-state index is 3.46. The average Bonchev–Trinajstić information content (AvgIpc) is 2.52. The van der Waals surface area contributed by atoms with Crippen molar-refractivity contribution >= 4 is 0 Å². The molecule has 1 N–H and O–H groups in total. The second kappa shape index (κ2) is 7.86. The van der Waals surface area contributed by atoms with Crippen molar-refractivity contribution in [1.29, 1.82) is 0 Å². The highest BCUT2D eigenvalue weighted by atomic mass is 14.9. The third-order valence-electron chi connectivity index (χ3n) is 3.91. The molecule has 0 radical (unpaired) electrons. The van der Waals surface area contributed by atoms with Crippen LogP contribution >= 0.6 is 0 Å². The molecule has 106 valence electrons. The van der Waals surface area contributed by atoms with Gasteiger partial charge in [-0.05, 0) is 49.4 Å². The Labute approximate surface area is 123 Å². The molecule has 0 spiro atoms. The van der Waals surface area contributed by atoms with Gasteiger partial charge in [-0.25, -0.2) is 0 Å². The molecule has 0 aromatic heterocycles. The molecule has 0 amide bonds. The summed E-state index contributed by atoms with van der Waals surface area (Å²) in [5.74, 6) is 0. The lowest BCUT2D eigenvalue weighted by Crippen LogP contribution is -2.16. The Morgan fingerprint density at radius 1 is 0.950 bits per heavy atom. The zero-order valence-corrected chi connectivity index (χ0v) is 12.6. The van der Waals surface area contributed by atoms with Gasteiger partial charge in [0.05, 0.1) is 0 Å². The summed E-state index contributed by atoms with van der Waals surface area (Å²) in [5.41, 5.74) is 4.27. The van der Waals surface area contributed by atoms with Gasteiger partial charge in [0.2, 0.25) is 0 Å². The predicted octanol–water partition coefficient (Wildman–Crippen LogP) is 4.53. The Kier molecular flexibility index (Phi) is 5.82. The van der Waals surface area contributed by atoms with Gasteiger partial charge in [0.1, 0.15) is 0 Å². The van der Waals surface area contributed by atoms with Gasteiger partial charge in [-0.15, -0.1) is 0 Å². The molecular formula is C19H25N. The van der Waals surface area contributed by atoms with Gasteiger partial charge in [0.25, 0.3) is 0 Å². The number of nitrogens with one attached hydrogen (secondary N) is 1. The first-order valence-electron chi connectivity index (χ1n) is 7.63. The quantitative estimate of drug-likeness (QED) is 0.777. The Morgan fingerprint density at radius 3 is 2.40 bits per heavy atom. The van der Waals surface area contributed by atoms with Gasteiger partial charge in [-0.1, -0.05) is 61.5 Å². The summed E-state index contributed by atoms with van der Waals surface area (Å²) in [6.07, 6.45) is 4.66. The fourth-order valence-electron chi connectivity index (χ4n) is 2.66. The van der Waals surface area contributed by atoms with Crippen LogP contribution in [-0.2, 0) is 12.8 Å². The van der Waals surface area contributed by atoms with Crippen molar-refractivity contribution in [3.05, 3.63) is 71.3 Å². The molecule has 20 heavy (non-hydrogen) atoms. The molecule has 0 saturated carbocycles. The summed E-state index contributed by atoms with van der Waals surface area (Å²) in [4.78, 5) is 0. The number of rotatable bonds is 7. The minimum absolute atomic E-state index is 0.463. The Hall–Kier alpha value is -1.60. The van der Waals surface area contributed by atoms with E-state index < -0.39 is 0 Å². The first-order chi connectivity index (χ1) is 9.83. The number of benzene rings is 2. The smallest absolute Gasteiger partial charge is 0.0317 e. The number of hydrogen-bond acceptors (Lipinski definition) is 1. The molecule has 0 aliphatic carbocycles. The van der Waals surface area contributed by atoms with E-state index in [9.17, 15) is 0 Å². The van der Waals surface area contributed by atoms with E-state index in [1.54, 1.807) is 0 Å². The van der Waals surface area contributed by atoms with Crippen LogP contribution in [0.1, 0.15) is 42.5 Å². The molecule has 0 bridgehead atoms. The molecule has 0 aliphatic rings. The van der Waals surface area contributed by atoms with Gasteiger partial charge in [0.15, 0.2) is 0 Å². The van der Waals surface area contributed by atoms with E-state index in [4.69, 9.17) is 0 Å². The van der Waals surface area contributed by atoms with Crippen LogP contribution in [0.15, 0.2) is 54.6 Å². The maximum absolute atomic E-state index is 3.46. The molecule has 1 nitrogen and oxygen atoms in total. The summed E-state index contributed by atoms with van der Waals surface area (Å²) < 4.78 is 0. The summed E-state index contributed by atoms with van der Waals surface area (Å²) >= 11 is 0.